The maximum absolute atomic E-state index is 14.0. The summed E-state index contributed by atoms with van der Waals surface area (Å²) in [5, 5.41) is 3.92. The van der Waals surface area contributed by atoms with E-state index in [9.17, 15) is 18.0 Å². The highest BCUT2D eigenvalue weighted by Crippen LogP contribution is 2.30. The van der Waals surface area contributed by atoms with Crippen molar-refractivity contribution in [3.63, 3.8) is 0 Å². The van der Waals surface area contributed by atoms with Crippen LogP contribution in [0, 0.1) is 6.92 Å². The number of rotatable bonds is 11. The summed E-state index contributed by atoms with van der Waals surface area (Å²) in [5.74, 6) is -0.988. The minimum Gasteiger partial charge on any atom is -0.352 e. The second-order valence-electron chi connectivity index (χ2n) is 9.47. The van der Waals surface area contributed by atoms with Crippen LogP contribution >= 0.6 is 34.8 Å². The lowest BCUT2D eigenvalue weighted by Crippen LogP contribution is -2.52. The third-order valence-electron chi connectivity index (χ3n) is 6.62. The van der Waals surface area contributed by atoms with E-state index in [1.165, 1.54) is 29.2 Å². The number of para-hydroxylation sites is 1. The summed E-state index contributed by atoms with van der Waals surface area (Å²) < 4.78 is 28.8. The van der Waals surface area contributed by atoms with Crippen LogP contribution < -0.4 is 9.62 Å². The minimum absolute atomic E-state index is 0.0313. The predicted octanol–water partition coefficient (Wildman–Crippen LogP) is 6.48. The lowest BCUT2D eigenvalue weighted by molar-refractivity contribution is -0.139. The fourth-order valence-electron chi connectivity index (χ4n) is 3.99. The Labute approximate surface area is 251 Å². The van der Waals surface area contributed by atoms with Gasteiger partial charge < -0.3 is 10.2 Å². The topological polar surface area (TPSA) is 86.8 Å². The molecule has 0 saturated carbocycles. The minimum atomic E-state index is -4.21. The largest absolute Gasteiger partial charge is 0.352 e. The average Bonchev–Trinajstić information content (AvgIpc) is 2.91. The van der Waals surface area contributed by atoms with E-state index >= 15 is 0 Å². The molecular formula is C29H32Cl3N3O4S. The van der Waals surface area contributed by atoms with Crippen LogP contribution in [0.5, 0.6) is 0 Å². The Morgan fingerprint density at radius 1 is 0.900 bits per heavy atom. The van der Waals surface area contributed by atoms with Gasteiger partial charge in [0, 0.05) is 33.2 Å². The number of carbonyl (C=O) groups is 2. The molecular weight excluding hydrogens is 593 g/mol. The molecule has 0 saturated heterocycles. The Balaban J connectivity index is 2.08. The van der Waals surface area contributed by atoms with Gasteiger partial charge in [0.1, 0.15) is 12.6 Å². The third-order valence-corrected chi connectivity index (χ3v) is 9.36. The molecule has 1 N–H and O–H groups in total. The molecule has 214 valence electrons. The van der Waals surface area contributed by atoms with Gasteiger partial charge in [0.2, 0.25) is 11.8 Å². The number of aryl methyl sites for hydroxylation is 1. The van der Waals surface area contributed by atoms with Crippen LogP contribution in [-0.4, -0.2) is 43.8 Å². The van der Waals surface area contributed by atoms with E-state index in [0.29, 0.717) is 38.3 Å². The molecule has 0 aliphatic carbocycles. The highest BCUT2D eigenvalue weighted by Gasteiger charge is 2.33. The molecule has 40 heavy (non-hydrogen) atoms. The van der Waals surface area contributed by atoms with Crippen LogP contribution in [0.1, 0.15) is 38.3 Å². The van der Waals surface area contributed by atoms with Crippen molar-refractivity contribution in [1.82, 2.24) is 10.2 Å². The molecule has 7 nitrogen and oxygen atoms in total. The Hall–Kier alpha value is -2.78. The zero-order valence-corrected chi connectivity index (χ0v) is 25.8. The summed E-state index contributed by atoms with van der Waals surface area (Å²) in [6.45, 7) is 6.47. The fraction of sp³-hybridized carbons (Fsp3) is 0.310. The van der Waals surface area contributed by atoms with Crippen LogP contribution in [0.25, 0.3) is 0 Å². The first-order valence-corrected chi connectivity index (χ1v) is 15.3. The number of halogens is 3. The molecule has 0 heterocycles. The second kappa shape index (κ2) is 13.7. The van der Waals surface area contributed by atoms with Gasteiger partial charge in [-0.1, -0.05) is 66.0 Å². The first-order valence-electron chi connectivity index (χ1n) is 12.7. The van der Waals surface area contributed by atoms with Crippen molar-refractivity contribution in [1.29, 1.82) is 0 Å². The average molecular weight is 625 g/mol. The Morgan fingerprint density at radius 2 is 1.50 bits per heavy atom. The van der Waals surface area contributed by atoms with E-state index in [4.69, 9.17) is 34.8 Å². The number of sulfonamides is 1. The summed E-state index contributed by atoms with van der Waals surface area (Å²) in [4.78, 5) is 28.5. The Bertz CT molecular complexity index is 1450. The molecule has 3 aromatic carbocycles. The first kappa shape index (κ1) is 31.7. The van der Waals surface area contributed by atoms with Gasteiger partial charge in [0.05, 0.1) is 10.6 Å². The van der Waals surface area contributed by atoms with Gasteiger partial charge in [-0.3, -0.25) is 13.9 Å². The molecule has 0 aliphatic heterocycles. The van der Waals surface area contributed by atoms with Crippen LogP contribution in [0.15, 0.2) is 71.6 Å². The summed E-state index contributed by atoms with van der Waals surface area (Å²) in [7, 11) is -4.21. The number of carbonyl (C=O) groups excluding carboxylic acids is 2. The lowest BCUT2D eigenvalue weighted by Gasteiger charge is -2.33. The van der Waals surface area contributed by atoms with Crippen LogP contribution in [0.3, 0.4) is 0 Å². The van der Waals surface area contributed by atoms with Crippen molar-refractivity contribution in [2.75, 3.05) is 10.8 Å². The van der Waals surface area contributed by atoms with E-state index in [1.54, 1.807) is 56.3 Å². The summed E-state index contributed by atoms with van der Waals surface area (Å²) >= 11 is 18.8. The summed E-state index contributed by atoms with van der Waals surface area (Å²) in [6.07, 6.45) is 0.698. The highest BCUT2D eigenvalue weighted by atomic mass is 35.5. The van der Waals surface area contributed by atoms with Crippen molar-refractivity contribution in [2.24, 2.45) is 0 Å². The second-order valence-corrected chi connectivity index (χ2v) is 12.6. The molecule has 11 heteroatoms. The maximum atomic E-state index is 14.0. The summed E-state index contributed by atoms with van der Waals surface area (Å²) in [6, 6.07) is 16.5. The molecule has 3 aromatic rings. The van der Waals surface area contributed by atoms with Gasteiger partial charge >= 0.3 is 0 Å². The fourth-order valence-corrected chi connectivity index (χ4v) is 6.11. The monoisotopic (exact) mass is 623 g/mol. The van der Waals surface area contributed by atoms with Crippen LogP contribution in [0.4, 0.5) is 5.69 Å². The van der Waals surface area contributed by atoms with E-state index in [2.05, 4.69) is 5.32 Å². The first-order chi connectivity index (χ1) is 18.9. The number of hydrogen-bond donors (Lipinski definition) is 1. The van der Waals surface area contributed by atoms with Crippen molar-refractivity contribution in [2.45, 2.75) is 57.6 Å². The van der Waals surface area contributed by atoms with Crippen molar-refractivity contribution in [3.05, 3.63) is 92.9 Å². The molecule has 0 fully saturated rings. The van der Waals surface area contributed by atoms with Gasteiger partial charge in [-0.15, -0.1) is 0 Å². The van der Waals surface area contributed by atoms with Gasteiger partial charge in [0.25, 0.3) is 10.0 Å². The van der Waals surface area contributed by atoms with E-state index in [1.807, 2.05) is 13.8 Å². The van der Waals surface area contributed by atoms with E-state index < -0.39 is 28.5 Å². The molecule has 0 aromatic heterocycles. The number of amides is 2. The number of hydrogen-bond acceptors (Lipinski definition) is 4. The number of benzene rings is 3. The van der Waals surface area contributed by atoms with Gasteiger partial charge in [-0.2, -0.15) is 0 Å². The molecule has 0 radical (unpaired) electrons. The third kappa shape index (κ3) is 7.49. The molecule has 2 unspecified atom stereocenters. The van der Waals surface area contributed by atoms with Crippen molar-refractivity contribution < 1.29 is 18.0 Å². The van der Waals surface area contributed by atoms with Crippen LogP contribution in [0.2, 0.25) is 15.1 Å². The quantitative estimate of drug-likeness (QED) is 0.265. The van der Waals surface area contributed by atoms with Gasteiger partial charge in [-0.25, -0.2) is 8.42 Å². The molecule has 0 aliphatic rings. The molecule has 2 atom stereocenters. The molecule has 3 rings (SSSR count). The van der Waals surface area contributed by atoms with E-state index in [-0.39, 0.29) is 23.4 Å². The molecule has 0 spiro atoms. The SMILES string of the molecule is CCC(C)NC(=O)C(C)N(Cc1c(Cl)cccc1Cl)C(=O)CN(c1ccccc1C)S(=O)(=O)c1ccc(Cl)cc1. The van der Waals surface area contributed by atoms with Crippen LogP contribution in [-0.2, 0) is 26.2 Å². The smallest absolute Gasteiger partial charge is 0.264 e. The molecule has 0 bridgehead atoms. The number of nitrogens with one attached hydrogen (secondary N) is 1. The van der Waals surface area contributed by atoms with Gasteiger partial charge in [0.15, 0.2) is 0 Å². The van der Waals surface area contributed by atoms with Crippen molar-refractivity contribution >= 4 is 62.3 Å². The summed E-state index contributed by atoms with van der Waals surface area (Å²) in [5.41, 5.74) is 1.43. The Morgan fingerprint density at radius 3 is 2.08 bits per heavy atom. The predicted molar refractivity (Wildman–Crippen MR) is 162 cm³/mol. The zero-order valence-electron chi connectivity index (χ0n) is 22.7. The van der Waals surface area contributed by atoms with Gasteiger partial charge in [-0.05, 0) is 75.2 Å². The normalized spacial score (nSPS) is 12.9. The highest BCUT2D eigenvalue weighted by molar-refractivity contribution is 7.92. The standard InChI is InChI=1S/C29H32Cl3N3O4S/c1-5-20(3)33-29(37)21(4)34(17-24-25(31)10-8-11-26(24)32)28(36)18-35(27-12-7-6-9-19(27)2)40(38,39)23-15-13-22(30)14-16-23/h6-16,20-21H,5,17-18H2,1-4H3,(H,33,37). The number of nitrogens with zero attached hydrogens (tertiary/aromatic N) is 2. The molecule has 2 amide bonds. The van der Waals surface area contributed by atoms with E-state index in [0.717, 1.165) is 4.31 Å². The lowest BCUT2D eigenvalue weighted by atomic mass is 10.1. The zero-order chi connectivity index (χ0) is 29.6. The van der Waals surface area contributed by atoms with Crippen molar-refractivity contribution in [3.8, 4) is 0 Å². The number of anilines is 1. The Kier molecular flexibility index (Phi) is 10.9. The maximum Gasteiger partial charge on any atom is 0.264 e.